The van der Waals surface area contributed by atoms with Gasteiger partial charge in [-0.3, -0.25) is 0 Å². The standard InChI is InChI=1S/C15H21ClF3NO/c1-2-20-10-13(6-7-21-11-15(17,18)19)8-12-4-3-5-14(16)9-12/h3-5,9,13,20H,2,6-8,10-11H2,1H3. The monoisotopic (exact) mass is 323 g/mol. The number of ether oxygens (including phenoxy) is 1. The molecule has 120 valence electrons. The summed E-state index contributed by atoms with van der Waals surface area (Å²) in [7, 11) is 0. The van der Waals surface area contributed by atoms with Crippen molar-refractivity contribution < 1.29 is 17.9 Å². The van der Waals surface area contributed by atoms with Gasteiger partial charge in [-0.1, -0.05) is 30.7 Å². The van der Waals surface area contributed by atoms with E-state index in [4.69, 9.17) is 16.3 Å². The first-order valence-electron chi connectivity index (χ1n) is 7.00. The molecule has 6 heteroatoms. The molecule has 1 atom stereocenters. The number of alkyl halides is 3. The lowest BCUT2D eigenvalue weighted by Crippen LogP contribution is -2.26. The topological polar surface area (TPSA) is 21.3 Å². The van der Waals surface area contributed by atoms with E-state index in [9.17, 15) is 13.2 Å². The van der Waals surface area contributed by atoms with Crippen molar-refractivity contribution in [3.05, 3.63) is 34.9 Å². The van der Waals surface area contributed by atoms with E-state index >= 15 is 0 Å². The van der Waals surface area contributed by atoms with E-state index in [0.717, 1.165) is 25.1 Å². The third-order valence-electron chi connectivity index (χ3n) is 3.03. The summed E-state index contributed by atoms with van der Waals surface area (Å²) in [4.78, 5) is 0. The summed E-state index contributed by atoms with van der Waals surface area (Å²) in [5, 5.41) is 3.90. The van der Waals surface area contributed by atoms with Crippen LogP contribution in [0.25, 0.3) is 0 Å². The second-order valence-electron chi connectivity index (χ2n) is 4.96. The van der Waals surface area contributed by atoms with Crippen molar-refractivity contribution in [1.29, 1.82) is 0 Å². The van der Waals surface area contributed by atoms with Crippen LogP contribution in [0.2, 0.25) is 5.02 Å². The molecule has 0 aromatic heterocycles. The first-order chi connectivity index (χ1) is 9.90. The molecule has 0 aliphatic heterocycles. The zero-order valence-electron chi connectivity index (χ0n) is 12.0. The summed E-state index contributed by atoms with van der Waals surface area (Å²) in [6.45, 7) is 2.50. The third-order valence-corrected chi connectivity index (χ3v) is 3.27. The van der Waals surface area contributed by atoms with Crippen LogP contribution in [0.5, 0.6) is 0 Å². The molecule has 0 aliphatic carbocycles. The summed E-state index contributed by atoms with van der Waals surface area (Å²) >= 11 is 5.94. The molecule has 0 heterocycles. The average molecular weight is 324 g/mol. The quantitative estimate of drug-likeness (QED) is 0.691. The summed E-state index contributed by atoms with van der Waals surface area (Å²) in [5.74, 6) is 0.219. The van der Waals surface area contributed by atoms with Gasteiger partial charge >= 0.3 is 6.18 Å². The molecule has 1 aromatic rings. The Hall–Kier alpha value is -0.780. The van der Waals surface area contributed by atoms with Crippen LogP contribution in [-0.4, -0.2) is 32.5 Å². The Kier molecular flexibility index (Phi) is 8.07. The zero-order chi connectivity index (χ0) is 15.7. The zero-order valence-corrected chi connectivity index (χ0v) is 12.8. The second-order valence-corrected chi connectivity index (χ2v) is 5.40. The van der Waals surface area contributed by atoms with Gasteiger partial charge in [0, 0.05) is 11.6 Å². The van der Waals surface area contributed by atoms with Crippen LogP contribution in [-0.2, 0) is 11.2 Å². The van der Waals surface area contributed by atoms with Crippen molar-refractivity contribution in [2.75, 3.05) is 26.3 Å². The maximum atomic E-state index is 12.0. The van der Waals surface area contributed by atoms with Crippen LogP contribution in [0, 0.1) is 5.92 Å². The molecule has 0 saturated heterocycles. The molecule has 1 unspecified atom stereocenters. The highest BCUT2D eigenvalue weighted by atomic mass is 35.5. The van der Waals surface area contributed by atoms with Crippen molar-refractivity contribution in [2.24, 2.45) is 5.92 Å². The van der Waals surface area contributed by atoms with Gasteiger partial charge in [0.05, 0.1) is 0 Å². The van der Waals surface area contributed by atoms with Gasteiger partial charge in [0.2, 0.25) is 0 Å². The molecule has 1 aromatic carbocycles. The largest absolute Gasteiger partial charge is 0.411 e. The summed E-state index contributed by atoms with van der Waals surface area (Å²) in [5.41, 5.74) is 1.08. The maximum Gasteiger partial charge on any atom is 0.411 e. The van der Waals surface area contributed by atoms with Crippen LogP contribution < -0.4 is 5.32 Å². The van der Waals surface area contributed by atoms with E-state index in [1.807, 2.05) is 25.1 Å². The predicted molar refractivity (Wildman–Crippen MR) is 78.7 cm³/mol. The summed E-state index contributed by atoms with van der Waals surface area (Å²) in [6, 6.07) is 7.54. The van der Waals surface area contributed by atoms with Gasteiger partial charge in [-0.25, -0.2) is 0 Å². The van der Waals surface area contributed by atoms with Gasteiger partial charge in [-0.05, 0) is 49.5 Å². The molecule has 2 nitrogen and oxygen atoms in total. The lowest BCUT2D eigenvalue weighted by atomic mass is 9.96. The minimum Gasteiger partial charge on any atom is -0.372 e. The molecule has 1 rings (SSSR count). The third kappa shape index (κ3) is 8.96. The van der Waals surface area contributed by atoms with Gasteiger partial charge in [-0.15, -0.1) is 0 Å². The first-order valence-corrected chi connectivity index (χ1v) is 7.38. The van der Waals surface area contributed by atoms with Crippen molar-refractivity contribution in [3.63, 3.8) is 0 Å². The Morgan fingerprint density at radius 1 is 1.33 bits per heavy atom. The minimum absolute atomic E-state index is 0.107. The summed E-state index contributed by atoms with van der Waals surface area (Å²) < 4.78 is 40.8. The van der Waals surface area contributed by atoms with E-state index in [1.165, 1.54) is 0 Å². The Labute approximate surface area is 128 Å². The number of hydrogen-bond acceptors (Lipinski definition) is 2. The molecule has 0 aliphatic rings. The molecule has 0 saturated carbocycles. The number of rotatable bonds is 9. The number of hydrogen-bond donors (Lipinski definition) is 1. The predicted octanol–water partition coefficient (Wildman–Crippen LogP) is 4.08. The van der Waals surface area contributed by atoms with Crippen LogP contribution in [0.4, 0.5) is 13.2 Å². The van der Waals surface area contributed by atoms with E-state index < -0.39 is 12.8 Å². The molecular formula is C15H21ClF3NO. The van der Waals surface area contributed by atoms with Gasteiger partial charge in [-0.2, -0.15) is 13.2 Å². The molecule has 0 spiro atoms. The van der Waals surface area contributed by atoms with Crippen LogP contribution in [0.3, 0.4) is 0 Å². The number of halogens is 4. The second kappa shape index (κ2) is 9.28. The van der Waals surface area contributed by atoms with Crippen LogP contribution in [0.15, 0.2) is 24.3 Å². The molecule has 0 amide bonds. The van der Waals surface area contributed by atoms with Crippen molar-refractivity contribution in [2.45, 2.75) is 25.9 Å². The Bertz CT molecular complexity index is 412. The van der Waals surface area contributed by atoms with Crippen LogP contribution in [0.1, 0.15) is 18.9 Å². The molecule has 21 heavy (non-hydrogen) atoms. The van der Waals surface area contributed by atoms with E-state index in [-0.39, 0.29) is 12.5 Å². The fraction of sp³-hybridized carbons (Fsp3) is 0.600. The van der Waals surface area contributed by atoms with Gasteiger partial charge in [0.15, 0.2) is 0 Å². The Morgan fingerprint density at radius 3 is 2.71 bits per heavy atom. The minimum atomic E-state index is -4.26. The van der Waals surface area contributed by atoms with Gasteiger partial charge < -0.3 is 10.1 Å². The fourth-order valence-electron chi connectivity index (χ4n) is 2.06. The normalized spacial score (nSPS) is 13.4. The molecule has 0 fully saturated rings. The summed E-state index contributed by atoms with van der Waals surface area (Å²) in [6.07, 6.45) is -2.91. The Balaban J connectivity index is 2.43. The lowest BCUT2D eigenvalue weighted by molar-refractivity contribution is -0.174. The number of nitrogens with one attached hydrogen (secondary N) is 1. The van der Waals surface area contributed by atoms with Crippen molar-refractivity contribution in [1.82, 2.24) is 5.32 Å². The molecular weight excluding hydrogens is 303 g/mol. The highest BCUT2D eigenvalue weighted by Crippen LogP contribution is 2.18. The molecule has 0 radical (unpaired) electrons. The highest BCUT2D eigenvalue weighted by molar-refractivity contribution is 6.30. The lowest BCUT2D eigenvalue weighted by Gasteiger charge is -2.18. The van der Waals surface area contributed by atoms with Crippen molar-refractivity contribution >= 4 is 11.6 Å². The smallest absolute Gasteiger partial charge is 0.372 e. The van der Waals surface area contributed by atoms with E-state index in [1.54, 1.807) is 6.07 Å². The first kappa shape index (κ1) is 18.3. The molecule has 0 bridgehead atoms. The SMILES string of the molecule is CCNCC(CCOCC(F)(F)F)Cc1cccc(Cl)c1. The number of benzene rings is 1. The van der Waals surface area contributed by atoms with Crippen LogP contribution >= 0.6 is 11.6 Å². The Morgan fingerprint density at radius 2 is 2.10 bits per heavy atom. The van der Waals surface area contributed by atoms with E-state index in [2.05, 4.69) is 5.32 Å². The highest BCUT2D eigenvalue weighted by Gasteiger charge is 2.27. The van der Waals surface area contributed by atoms with Gasteiger partial charge in [0.25, 0.3) is 0 Å². The fourth-order valence-corrected chi connectivity index (χ4v) is 2.27. The average Bonchev–Trinajstić information content (AvgIpc) is 2.39. The van der Waals surface area contributed by atoms with Crippen molar-refractivity contribution in [3.8, 4) is 0 Å². The van der Waals surface area contributed by atoms with Gasteiger partial charge in [0.1, 0.15) is 6.61 Å². The molecule has 1 N–H and O–H groups in total. The maximum absolute atomic E-state index is 12.0. The van der Waals surface area contributed by atoms with E-state index in [0.29, 0.717) is 11.4 Å².